The summed E-state index contributed by atoms with van der Waals surface area (Å²) in [6.07, 6.45) is 1.01. The maximum atomic E-state index is 5.79. The van der Waals surface area contributed by atoms with Crippen LogP contribution in [0.25, 0.3) is 0 Å². The third-order valence-corrected chi connectivity index (χ3v) is 3.46. The molecule has 0 bridgehead atoms. The molecule has 0 radical (unpaired) electrons. The second kappa shape index (κ2) is 4.73. The van der Waals surface area contributed by atoms with Crippen LogP contribution in [-0.4, -0.2) is 10.2 Å². The van der Waals surface area contributed by atoms with Gasteiger partial charge in [-0.3, -0.25) is 0 Å². The fourth-order valence-corrected chi connectivity index (χ4v) is 2.65. The summed E-state index contributed by atoms with van der Waals surface area (Å²) in [7, 11) is 0. The summed E-state index contributed by atoms with van der Waals surface area (Å²) in [6.45, 7) is 2.15. The maximum Gasteiger partial charge on any atom is 0.207 e. The third-order valence-electron chi connectivity index (χ3n) is 2.32. The minimum atomic E-state index is 0.316. The molecule has 1 aromatic heterocycles. The molecule has 78 valence electrons. The predicted octanol–water partition coefficient (Wildman–Crippen LogP) is 3.73. The molecule has 0 aliphatic heterocycles. The normalized spacial score (nSPS) is 12.7. The molecular weight excluding hydrogens is 228 g/mol. The van der Waals surface area contributed by atoms with Crippen LogP contribution < -0.4 is 0 Å². The Morgan fingerprint density at radius 1 is 1.27 bits per heavy atom. The van der Waals surface area contributed by atoms with E-state index in [1.54, 1.807) is 0 Å². The first kappa shape index (κ1) is 10.6. The quantitative estimate of drug-likeness (QED) is 0.814. The van der Waals surface area contributed by atoms with E-state index < -0.39 is 0 Å². The monoisotopic (exact) mass is 238 g/mol. The van der Waals surface area contributed by atoms with Gasteiger partial charge in [-0.05, 0) is 23.6 Å². The Hall–Kier alpha value is -0.930. The summed E-state index contributed by atoms with van der Waals surface area (Å²) in [4.78, 5) is 0. The zero-order valence-corrected chi connectivity index (χ0v) is 9.92. The molecule has 0 aliphatic rings. The molecule has 2 aromatic rings. The van der Waals surface area contributed by atoms with Gasteiger partial charge in [0.1, 0.15) is 5.01 Å². The highest BCUT2D eigenvalue weighted by atomic mass is 35.5. The summed E-state index contributed by atoms with van der Waals surface area (Å²) >= 11 is 7.25. The minimum Gasteiger partial charge on any atom is -0.142 e. The molecule has 0 fully saturated rings. The number of hydrogen-bond acceptors (Lipinski definition) is 3. The highest BCUT2D eigenvalue weighted by Crippen LogP contribution is 2.31. The van der Waals surface area contributed by atoms with Gasteiger partial charge in [0.15, 0.2) is 0 Å². The Balaban J connectivity index is 2.33. The second-order valence-corrected chi connectivity index (χ2v) is 4.86. The van der Waals surface area contributed by atoms with E-state index in [2.05, 4.69) is 29.3 Å². The highest BCUT2D eigenvalue weighted by Gasteiger charge is 2.16. The zero-order chi connectivity index (χ0) is 10.7. The van der Waals surface area contributed by atoms with E-state index in [9.17, 15) is 0 Å². The first-order valence-corrected chi connectivity index (χ1v) is 6.04. The van der Waals surface area contributed by atoms with Crippen LogP contribution in [0.15, 0.2) is 30.3 Å². The van der Waals surface area contributed by atoms with Crippen molar-refractivity contribution in [2.24, 2.45) is 0 Å². The van der Waals surface area contributed by atoms with Crippen LogP contribution in [0.2, 0.25) is 4.47 Å². The van der Waals surface area contributed by atoms with Gasteiger partial charge in [-0.2, -0.15) is 0 Å². The lowest BCUT2D eigenvalue weighted by molar-refractivity contribution is 0.755. The molecule has 0 N–H and O–H groups in total. The van der Waals surface area contributed by atoms with Crippen LogP contribution >= 0.6 is 22.9 Å². The van der Waals surface area contributed by atoms with Gasteiger partial charge in [0.05, 0.1) is 0 Å². The van der Waals surface area contributed by atoms with Crippen molar-refractivity contribution in [1.29, 1.82) is 0 Å². The number of halogens is 1. The summed E-state index contributed by atoms with van der Waals surface area (Å²) in [6, 6.07) is 10.3. The molecule has 2 nitrogen and oxygen atoms in total. The molecular formula is C11H11ClN2S. The number of aromatic nitrogens is 2. The Kier molecular flexibility index (Phi) is 3.34. The van der Waals surface area contributed by atoms with E-state index >= 15 is 0 Å². The van der Waals surface area contributed by atoms with Crippen molar-refractivity contribution >= 4 is 22.9 Å². The number of benzene rings is 1. The van der Waals surface area contributed by atoms with Crippen LogP contribution in [0.1, 0.15) is 29.8 Å². The van der Waals surface area contributed by atoms with Crippen molar-refractivity contribution in [2.75, 3.05) is 0 Å². The molecule has 4 heteroatoms. The smallest absolute Gasteiger partial charge is 0.142 e. The van der Waals surface area contributed by atoms with Crippen molar-refractivity contribution in [3.63, 3.8) is 0 Å². The van der Waals surface area contributed by atoms with Crippen molar-refractivity contribution in [3.05, 3.63) is 45.4 Å². The Morgan fingerprint density at radius 3 is 2.53 bits per heavy atom. The number of nitrogens with zero attached hydrogens (tertiary/aromatic N) is 2. The molecule has 0 saturated heterocycles. The Bertz CT molecular complexity index is 427. The van der Waals surface area contributed by atoms with Gasteiger partial charge < -0.3 is 0 Å². The van der Waals surface area contributed by atoms with E-state index in [-0.39, 0.29) is 0 Å². The topological polar surface area (TPSA) is 25.8 Å². The first-order chi connectivity index (χ1) is 7.31. The SMILES string of the molecule is CCC(c1ccccc1)c1nnc(Cl)s1. The van der Waals surface area contributed by atoms with E-state index in [1.165, 1.54) is 16.9 Å². The van der Waals surface area contributed by atoms with E-state index in [0.717, 1.165) is 11.4 Å². The van der Waals surface area contributed by atoms with Crippen molar-refractivity contribution in [3.8, 4) is 0 Å². The lowest BCUT2D eigenvalue weighted by atomic mass is 9.97. The fraction of sp³-hybridized carbons (Fsp3) is 0.273. The van der Waals surface area contributed by atoms with Crippen LogP contribution in [0, 0.1) is 0 Å². The standard InChI is InChI=1S/C11H11ClN2S/c1-2-9(8-6-4-3-5-7-8)10-13-14-11(12)15-10/h3-7,9H,2H2,1H3. The Morgan fingerprint density at radius 2 is 2.00 bits per heavy atom. The van der Waals surface area contributed by atoms with E-state index in [4.69, 9.17) is 11.6 Å². The van der Waals surface area contributed by atoms with Crippen molar-refractivity contribution in [2.45, 2.75) is 19.3 Å². The summed E-state index contributed by atoms with van der Waals surface area (Å²) in [5.41, 5.74) is 1.27. The fourth-order valence-electron chi connectivity index (χ4n) is 1.59. The molecule has 0 saturated carbocycles. The van der Waals surface area contributed by atoms with E-state index in [0.29, 0.717) is 10.4 Å². The highest BCUT2D eigenvalue weighted by molar-refractivity contribution is 7.15. The maximum absolute atomic E-state index is 5.79. The Labute approximate surface area is 97.9 Å². The third kappa shape index (κ3) is 2.36. The predicted molar refractivity (Wildman–Crippen MR) is 63.5 cm³/mol. The molecule has 0 spiro atoms. The summed E-state index contributed by atoms with van der Waals surface area (Å²) in [5, 5.41) is 8.94. The summed E-state index contributed by atoms with van der Waals surface area (Å²) < 4.78 is 0.513. The van der Waals surface area contributed by atoms with Crippen molar-refractivity contribution in [1.82, 2.24) is 10.2 Å². The van der Waals surface area contributed by atoms with Gasteiger partial charge in [0, 0.05) is 5.92 Å². The van der Waals surface area contributed by atoms with E-state index in [1.807, 2.05) is 18.2 Å². The molecule has 1 heterocycles. The van der Waals surface area contributed by atoms with Gasteiger partial charge in [0.25, 0.3) is 0 Å². The lowest BCUT2D eigenvalue weighted by Crippen LogP contribution is -1.98. The molecule has 2 rings (SSSR count). The summed E-state index contributed by atoms with van der Waals surface area (Å²) in [5.74, 6) is 0.316. The lowest BCUT2D eigenvalue weighted by Gasteiger charge is -2.10. The van der Waals surface area contributed by atoms with Gasteiger partial charge >= 0.3 is 0 Å². The number of rotatable bonds is 3. The average Bonchev–Trinajstić information content (AvgIpc) is 2.68. The molecule has 0 aliphatic carbocycles. The first-order valence-electron chi connectivity index (χ1n) is 4.85. The average molecular weight is 239 g/mol. The van der Waals surface area contributed by atoms with Crippen LogP contribution in [0.5, 0.6) is 0 Å². The van der Waals surface area contributed by atoms with Gasteiger partial charge in [-0.25, -0.2) is 0 Å². The van der Waals surface area contributed by atoms with Crippen LogP contribution in [0.4, 0.5) is 0 Å². The van der Waals surface area contributed by atoms with Crippen LogP contribution in [0.3, 0.4) is 0 Å². The zero-order valence-electron chi connectivity index (χ0n) is 8.35. The van der Waals surface area contributed by atoms with Crippen LogP contribution in [-0.2, 0) is 0 Å². The molecule has 1 aromatic carbocycles. The second-order valence-electron chi connectivity index (χ2n) is 3.26. The molecule has 1 atom stereocenters. The van der Waals surface area contributed by atoms with Crippen molar-refractivity contribution < 1.29 is 0 Å². The molecule has 0 amide bonds. The number of hydrogen-bond donors (Lipinski definition) is 0. The molecule has 1 unspecified atom stereocenters. The minimum absolute atomic E-state index is 0.316. The van der Waals surface area contributed by atoms with Gasteiger partial charge in [-0.15, -0.1) is 10.2 Å². The van der Waals surface area contributed by atoms with Gasteiger partial charge in [-0.1, -0.05) is 48.6 Å². The largest absolute Gasteiger partial charge is 0.207 e. The van der Waals surface area contributed by atoms with Gasteiger partial charge in [0.2, 0.25) is 4.47 Å². The molecule has 15 heavy (non-hydrogen) atoms.